The van der Waals surface area contributed by atoms with Crippen LogP contribution in [0.3, 0.4) is 0 Å². The smallest absolute Gasteiger partial charge is 0.131 e. The third kappa shape index (κ3) is 3.51. The van der Waals surface area contributed by atoms with Crippen molar-refractivity contribution in [1.82, 2.24) is 9.78 Å². The first-order valence-corrected chi connectivity index (χ1v) is 8.15. The van der Waals surface area contributed by atoms with Crippen LogP contribution in [0.4, 0.5) is 0 Å². The largest absolute Gasteiger partial charge is 0.487 e. The fourth-order valence-corrected chi connectivity index (χ4v) is 2.88. The van der Waals surface area contributed by atoms with E-state index in [4.69, 9.17) is 4.74 Å². The van der Waals surface area contributed by atoms with Gasteiger partial charge in [-0.15, -0.1) is 0 Å². The van der Waals surface area contributed by atoms with E-state index in [-0.39, 0.29) is 0 Å². The number of rotatable bonds is 5. The lowest BCUT2D eigenvalue weighted by Gasteiger charge is -2.08. The zero-order valence-corrected chi connectivity index (χ0v) is 14.7. The summed E-state index contributed by atoms with van der Waals surface area (Å²) in [5.41, 5.74) is 2.18. The fourth-order valence-electron chi connectivity index (χ4n) is 1.84. The number of nitrogens with zero attached hydrogens (tertiary/aromatic N) is 2. The molecule has 1 aromatic carbocycles. The molecule has 19 heavy (non-hydrogen) atoms. The number of halogens is 2. The van der Waals surface area contributed by atoms with Gasteiger partial charge in [0, 0.05) is 10.1 Å². The van der Waals surface area contributed by atoms with Crippen LogP contribution < -0.4 is 4.74 Å². The molecule has 0 unspecified atom stereocenters. The summed E-state index contributed by atoms with van der Waals surface area (Å²) in [6.45, 7) is 5.58. The molecule has 1 heterocycles. The van der Waals surface area contributed by atoms with Crippen molar-refractivity contribution in [3.63, 3.8) is 0 Å². The highest BCUT2D eigenvalue weighted by Crippen LogP contribution is 2.24. The van der Waals surface area contributed by atoms with Gasteiger partial charge in [0.2, 0.25) is 0 Å². The van der Waals surface area contributed by atoms with Gasteiger partial charge in [0.25, 0.3) is 0 Å². The summed E-state index contributed by atoms with van der Waals surface area (Å²) in [5.74, 6) is 0.884. The Labute approximate surface area is 135 Å². The number of ether oxygens (including phenoxy) is 1. The Bertz CT molecular complexity index is 551. The molecule has 3 nitrogen and oxygen atoms in total. The van der Waals surface area contributed by atoms with Crippen LogP contribution in [0.2, 0.25) is 0 Å². The van der Waals surface area contributed by atoms with Gasteiger partial charge < -0.3 is 4.74 Å². The van der Waals surface area contributed by atoms with Crippen molar-refractivity contribution in [3.05, 3.63) is 43.7 Å². The summed E-state index contributed by atoms with van der Waals surface area (Å²) in [6, 6.07) is 8.06. The molecule has 0 saturated carbocycles. The Kier molecular flexibility index (Phi) is 5.27. The van der Waals surface area contributed by atoms with E-state index in [9.17, 15) is 0 Å². The number of hydrogen-bond acceptors (Lipinski definition) is 2. The first-order chi connectivity index (χ1) is 9.15. The molecule has 0 bridgehead atoms. The van der Waals surface area contributed by atoms with E-state index in [1.165, 1.54) is 3.57 Å². The lowest BCUT2D eigenvalue weighted by molar-refractivity contribution is 0.291. The minimum Gasteiger partial charge on any atom is -0.487 e. The molecule has 2 aromatic rings. The van der Waals surface area contributed by atoms with Crippen molar-refractivity contribution in [3.8, 4) is 5.75 Å². The van der Waals surface area contributed by atoms with Crippen LogP contribution in [0.5, 0.6) is 5.75 Å². The maximum absolute atomic E-state index is 5.83. The quantitative estimate of drug-likeness (QED) is 0.651. The van der Waals surface area contributed by atoms with E-state index in [1.807, 2.05) is 28.9 Å². The number of aromatic nitrogens is 2. The summed E-state index contributed by atoms with van der Waals surface area (Å²) < 4.78 is 10.1. The van der Waals surface area contributed by atoms with E-state index < -0.39 is 0 Å². The van der Waals surface area contributed by atoms with E-state index in [0.29, 0.717) is 6.61 Å². The predicted molar refractivity (Wildman–Crippen MR) is 88.5 cm³/mol. The molecule has 2 rings (SSSR count). The van der Waals surface area contributed by atoms with Crippen molar-refractivity contribution in [2.24, 2.45) is 0 Å². The van der Waals surface area contributed by atoms with E-state index in [2.05, 4.69) is 57.5 Å². The van der Waals surface area contributed by atoms with E-state index >= 15 is 0 Å². The summed E-state index contributed by atoms with van der Waals surface area (Å²) in [5, 5.41) is 4.56. The first-order valence-electron chi connectivity index (χ1n) is 6.28. The van der Waals surface area contributed by atoms with Crippen molar-refractivity contribution < 1.29 is 4.74 Å². The zero-order chi connectivity index (χ0) is 13.8. The molecule has 0 N–H and O–H groups in total. The van der Waals surface area contributed by atoms with Gasteiger partial charge in [-0.1, -0.05) is 6.92 Å². The predicted octanol–water partition coefficient (Wildman–Crippen LogP) is 4.41. The lowest BCUT2D eigenvalue weighted by Crippen LogP contribution is -2.06. The fraction of sp³-hybridized carbons (Fsp3) is 0.357. The third-order valence-electron chi connectivity index (χ3n) is 2.88. The van der Waals surface area contributed by atoms with Crippen LogP contribution in [0.25, 0.3) is 0 Å². The van der Waals surface area contributed by atoms with Gasteiger partial charge in [0.15, 0.2) is 0 Å². The van der Waals surface area contributed by atoms with Gasteiger partial charge in [-0.2, -0.15) is 5.10 Å². The van der Waals surface area contributed by atoms with Gasteiger partial charge in [-0.25, -0.2) is 0 Å². The molecular weight excluding hydrogens is 419 g/mol. The number of aryl methyl sites for hydroxylation is 2. The second-order valence-corrected chi connectivity index (χ2v) is 6.16. The summed E-state index contributed by atoms with van der Waals surface area (Å²) in [4.78, 5) is 0. The molecule has 0 spiro atoms. The minimum absolute atomic E-state index is 0.530. The van der Waals surface area contributed by atoms with Crippen LogP contribution in [-0.2, 0) is 19.6 Å². The molecule has 0 amide bonds. The monoisotopic (exact) mass is 434 g/mol. The van der Waals surface area contributed by atoms with Gasteiger partial charge in [-0.3, -0.25) is 4.68 Å². The lowest BCUT2D eigenvalue weighted by atomic mass is 10.3. The molecular formula is C14H16BrIN2O. The zero-order valence-electron chi connectivity index (χ0n) is 11.0. The molecule has 5 heteroatoms. The third-order valence-corrected chi connectivity index (χ3v) is 4.52. The van der Waals surface area contributed by atoms with Crippen molar-refractivity contribution in [2.45, 2.75) is 33.4 Å². The van der Waals surface area contributed by atoms with Gasteiger partial charge >= 0.3 is 0 Å². The van der Waals surface area contributed by atoms with Crippen LogP contribution in [0.1, 0.15) is 25.2 Å². The van der Waals surface area contributed by atoms with Gasteiger partial charge in [-0.05, 0) is 76.1 Å². The number of benzene rings is 1. The molecule has 0 aliphatic rings. The molecule has 1 aromatic heterocycles. The Hall–Kier alpha value is -0.560. The number of hydrogen-bond donors (Lipinski definition) is 0. The van der Waals surface area contributed by atoms with Gasteiger partial charge in [0.1, 0.15) is 12.4 Å². The normalized spacial score (nSPS) is 10.7. The maximum Gasteiger partial charge on any atom is 0.131 e. The minimum atomic E-state index is 0.530. The van der Waals surface area contributed by atoms with Gasteiger partial charge in [0.05, 0.1) is 15.9 Å². The topological polar surface area (TPSA) is 27.1 Å². The van der Waals surface area contributed by atoms with Crippen LogP contribution in [-0.4, -0.2) is 9.78 Å². The van der Waals surface area contributed by atoms with Crippen molar-refractivity contribution in [2.75, 3.05) is 0 Å². The Morgan fingerprint density at radius 2 is 1.95 bits per heavy atom. The highest BCUT2D eigenvalue weighted by molar-refractivity contribution is 14.1. The Morgan fingerprint density at radius 3 is 2.53 bits per heavy atom. The molecule has 0 saturated heterocycles. The molecule has 0 aliphatic carbocycles. The highest BCUT2D eigenvalue weighted by atomic mass is 127. The average Bonchev–Trinajstić information content (AvgIpc) is 2.74. The van der Waals surface area contributed by atoms with Crippen LogP contribution >= 0.6 is 38.5 Å². The molecule has 102 valence electrons. The van der Waals surface area contributed by atoms with E-state index in [1.54, 1.807) is 0 Å². The second-order valence-electron chi connectivity index (χ2n) is 4.12. The SMILES string of the molecule is CCc1nn(CC)c(COc2ccc(I)cc2)c1Br. The second kappa shape index (κ2) is 6.74. The highest BCUT2D eigenvalue weighted by Gasteiger charge is 2.14. The Balaban J connectivity index is 2.14. The summed E-state index contributed by atoms with van der Waals surface area (Å²) in [6.07, 6.45) is 0.921. The summed E-state index contributed by atoms with van der Waals surface area (Å²) >= 11 is 5.91. The van der Waals surface area contributed by atoms with Crippen LogP contribution in [0.15, 0.2) is 28.7 Å². The van der Waals surface area contributed by atoms with Crippen molar-refractivity contribution in [1.29, 1.82) is 0 Å². The maximum atomic E-state index is 5.83. The van der Waals surface area contributed by atoms with Crippen molar-refractivity contribution >= 4 is 38.5 Å². The molecule has 0 aliphatic heterocycles. The standard InChI is InChI=1S/C14H16BrIN2O/c1-3-12-14(15)13(18(4-2)17-12)9-19-11-7-5-10(16)6-8-11/h5-8H,3-4,9H2,1-2H3. The van der Waals surface area contributed by atoms with E-state index in [0.717, 1.165) is 34.6 Å². The molecule has 0 atom stereocenters. The Morgan fingerprint density at radius 1 is 1.26 bits per heavy atom. The summed E-state index contributed by atoms with van der Waals surface area (Å²) in [7, 11) is 0. The first kappa shape index (κ1) is 14.8. The molecule has 0 fully saturated rings. The molecule has 0 radical (unpaired) electrons. The van der Waals surface area contributed by atoms with Crippen LogP contribution in [0, 0.1) is 3.57 Å². The average molecular weight is 435 g/mol.